The Morgan fingerprint density at radius 2 is 1.80 bits per heavy atom. The number of nitrogens with zero attached hydrogens (tertiary/aromatic N) is 3. The monoisotopic (exact) mass is 407 g/mol. The summed E-state index contributed by atoms with van der Waals surface area (Å²) < 4.78 is 16.9. The second kappa shape index (κ2) is 9.43. The molecule has 2 heterocycles. The van der Waals surface area contributed by atoms with Crippen LogP contribution in [0.2, 0.25) is 0 Å². The van der Waals surface area contributed by atoms with Crippen LogP contribution < -0.4 is 9.47 Å². The molecule has 4 rings (SSSR count). The van der Waals surface area contributed by atoms with Crippen molar-refractivity contribution in [3.8, 4) is 34.3 Å². The summed E-state index contributed by atoms with van der Waals surface area (Å²) in [5, 5.41) is 4.09. The van der Waals surface area contributed by atoms with Crippen LogP contribution in [0, 0.1) is 0 Å². The molecule has 0 N–H and O–H groups in total. The summed E-state index contributed by atoms with van der Waals surface area (Å²) in [5.74, 6) is 2.00. The second-order valence-corrected chi connectivity index (χ2v) is 7.11. The lowest BCUT2D eigenvalue weighted by Crippen LogP contribution is -2.38. The van der Waals surface area contributed by atoms with Crippen LogP contribution >= 0.6 is 0 Å². The number of ether oxygens (including phenoxy) is 2. The van der Waals surface area contributed by atoms with Gasteiger partial charge in [-0.3, -0.25) is 4.79 Å². The highest BCUT2D eigenvalue weighted by Gasteiger charge is 2.18. The number of carbonyl (C=O) groups excluding carboxylic acids is 1. The first-order valence-electron chi connectivity index (χ1n) is 10.3. The highest BCUT2D eigenvalue weighted by atomic mass is 16.5. The molecule has 1 aliphatic rings. The van der Waals surface area contributed by atoms with Gasteiger partial charge in [0.1, 0.15) is 0 Å². The average Bonchev–Trinajstić information content (AvgIpc) is 3.30. The molecule has 0 radical (unpaired) electrons. The Kier molecular flexibility index (Phi) is 6.27. The Labute approximate surface area is 175 Å². The molecule has 2 aromatic carbocycles. The fraction of sp³-hybridized carbons (Fsp3) is 0.348. The highest BCUT2D eigenvalue weighted by molar-refractivity contribution is 5.78. The normalized spacial score (nSPS) is 13.8. The number of rotatable bonds is 7. The molecule has 1 saturated heterocycles. The first-order valence-corrected chi connectivity index (χ1v) is 10.3. The molecule has 0 atom stereocenters. The molecule has 0 unspecified atom stereocenters. The molecule has 1 amide bonds. The van der Waals surface area contributed by atoms with Crippen molar-refractivity contribution >= 4 is 5.91 Å². The fourth-order valence-corrected chi connectivity index (χ4v) is 3.45. The van der Waals surface area contributed by atoms with Crippen molar-refractivity contribution in [2.45, 2.75) is 26.2 Å². The van der Waals surface area contributed by atoms with Gasteiger partial charge in [0.05, 0.1) is 6.61 Å². The maximum atomic E-state index is 12.4. The minimum Gasteiger partial charge on any atom is -0.490 e. The Morgan fingerprint density at radius 1 is 1.00 bits per heavy atom. The van der Waals surface area contributed by atoms with Crippen LogP contribution in [-0.2, 0) is 4.79 Å². The van der Waals surface area contributed by atoms with Gasteiger partial charge in [0, 0.05) is 24.2 Å². The molecule has 30 heavy (non-hydrogen) atoms. The van der Waals surface area contributed by atoms with Crippen molar-refractivity contribution in [1.29, 1.82) is 0 Å². The fourth-order valence-electron chi connectivity index (χ4n) is 3.45. The lowest BCUT2D eigenvalue weighted by molar-refractivity contribution is -0.134. The van der Waals surface area contributed by atoms with E-state index in [9.17, 15) is 4.79 Å². The molecule has 1 aliphatic heterocycles. The van der Waals surface area contributed by atoms with Crippen molar-refractivity contribution in [3.05, 3.63) is 48.5 Å². The van der Waals surface area contributed by atoms with Crippen LogP contribution in [0.3, 0.4) is 0 Å². The first kappa shape index (κ1) is 19.9. The van der Waals surface area contributed by atoms with Crippen LogP contribution in [0.25, 0.3) is 22.8 Å². The maximum Gasteiger partial charge on any atom is 0.260 e. The Balaban J connectivity index is 1.49. The standard InChI is InChI=1S/C23H25N3O4/c1-2-28-20-15-18(22-24-23(30-25-22)17-9-5-3-6-10-17)11-12-19(20)29-16-21(27)26-13-7-4-8-14-26/h3,5-6,9-12,15H,2,4,7-8,13-14,16H2,1H3. The van der Waals surface area contributed by atoms with E-state index >= 15 is 0 Å². The summed E-state index contributed by atoms with van der Waals surface area (Å²) in [6.45, 7) is 3.99. The highest BCUT2D eigenvalue weighted by Crippen LogP contribution is 2.32. The smallest absolute Gasteiger partial charge is 0.260 e. The third-order valence-electron chi connectivity index (χ3n) is 5.01. The van der Waals surface area contributed by atoms with Crippen molar-refractivity contribution in [2.24, 2.45) is 0 Å². The van der Waals surface area contributed by atoms with Gasteiger partial charge in [0.25, 0.3) is 11.8 Å². The molecular formula is C23H25N3O4. The van der Waals surface area contributed by atoms with E-state index < -0.39 is 0 Å². The molecular weight excluding hydrogens is 382 g/mol. The quantitative estimate of drug-likeness (QED) is 0.584. The average molecular weight is 407 g/mol. The van der Waals surface area contributed by atoms with Crippen molar-refractivity contribution in [3.63, 3.8) is 0 Å². The summed E-state index contributed by atoms with van der Waals surface area (Å²) in [7, 11) is 0. The molecule has 1 fully saturated rings. The van der Waals surface area contributed by atoms with E-state index in [1.165, 1.54) is 6.42 Å². The SMILES string of the molecule is CCOc1cc(-c2noc(-c3ccccc3)n2)ccc1OCC(=O)N1CCCCC1. The van der Waals surface area contributed by atoms with Gasteiger partial charge in [-0.15, -0.1) is 0 Å². The minimum absolute atomic E-state index is 0.000212. The zero-order chi connectivity index (χ0) is 20.8. The van der Waals surface area contributed by atoms with E-state index in [0.29, 0.717) is 29.8 Å². The van der Waals surface area contributed by atoms with Crippen molar-refractivity contribution in [1.82, 2.24) is 15.0 Å². The van der Waals surface area contributed by atoms with Gasteiger partial charge in [-0.25, -0.2) is 0 Å². The topological polar surface area (TPSA) is 77.7 Å². The third kappa shape index (κ3) is 4.62. The number of amides is 1. The lowest BCUT2D eigenvalue weighted by Gasteiger charge is -2.26. The van der Waals surface area contributed by atoms with Gasteiger partial charge in [-0.2, -0.15) is 4.98 Å². The number of hydrogen-bond acceptors (Lipinski definition) is 6. The first-order chi connectivity index (χ1) is 14.7. The van der Waals surface area contributed by atoms with Crippen LogP contribution in [0.15, 0.2) is 53.1 Å². The number of benzene rings is 2. The van der Waals surface area contributed by atoms with Crippen molar-refractivity contribution in [2.75, 3.05) is 26.3 Å². The molecule has 156 valence electrons. The predicted octanol–water partition coefficient (Wildman–Crippen LogP) is 4.19. The van der Waals surface area contributed by atoms with Crippen LogP contribution in [0.5, 0.6) is 11.5 Å². The number of piperidine rings is 1. The number of hydrogen-bond donors (Lipinski definition) is 0. The van der Waals surface area contributed by atoms with E-state index in [1.807, 2.05) is 54.3 Å². The summed E-state index contributed by atoms with van der Waals surface area (Å²) >= 11 is 0. The molecule has 1 aromatic heterocycles. The second-order valence-electron chi connectivity index (χ2n) is 7.11. The Bertz CT molecular complexity index is 981. The molecule has 7 nitrogen and oxygen atoms in total. The summed E-state index contributed by atoms with van der Waals surface area (Å²) in [6, 6.07) is 15.0. The predicted molar refractivity (Wildman–Crippen MR) is 112 cm³/mol. The van der Waals surface area contributed by atoms with Gasteiger partial charge in [0.2, 0.25) is 5.82 Å². The van der Waals surface area contributed by atoms with Gasteiger partial charge in [-0.05, 0) is 56.5 Å². The van der Waals surface area contributed by atoms with E-state index in [-0.39, 0.29) is 12.5 Å². The van der Waals surface area contributed by atoms with E-state index in [4.69, 9.17) is 14.0 Å². The third-order valence-corrected chi connectivity index (χ3v) is 5.01. The van der Waals surface area contributed by atoms with Gasteiger partial charge >= 0.3 is 0 Å². The van der Waals surface area contributed by atoms with E-state index in [2.05, 4.69) is 10.1 Å². The van der Waals surface area contributed by atoms with Crippen molar-refractivity contribution < 1.29 is 18.8 Å². The lowest BCUT2D eigenvalue weighted by atomic mass is 10.1. The summed E-state index contributed by atoms with van der Waals surface area (Å²) in [4.78, 5) is 18.7. The van der Waals surface area contributed by atoms with Gasteiger partial charge in [0.15, 0.2) is 18.1 Å². The largest absolute Gasteiger partial charge is 0.490 e. The molecule has 0 bridgehead atoms. The molecule has 0 spiro atoms. The zero-order valence-electron chi connectivity index (χ0n) is 17.0. The molecule has 0 saturated carbocycles. The minimum atomic E-state index is -0.000212. The zero-order valence-corrected chi connectivity index (χ0v) is 17.0. The van der Waals surface area contributed by atoms with Gasteiger partial charge in [-0.1, -0.05) is 23.4 Å². The summed E-state index contributed by atoms with van der Waals surface area (Å²) in [6.07, 6.45) is 3.29. The number of aromatic nitrogens is 2. The van der Waals surface area contributed by atoms with E-state index in [1.54, 1.807) is 6.07 Å². The summed E-state index contributed by atoms with van der Waals surface area (Å²) in [5.41, 5.74) is 1.61. The van der Waals surface area contributed by atoms with Crippen LogP contribution in [0.4, 0.5) is 0 Å². The molecule has 7 heteroatoms. The number of carbonyl (C=O) groups is 1. The maximum absolute atomic E-state index is 12.4. The Morgan fingerprint density at radius 3 is 2.57 bits per heavy atom. The Hall–Kier alpha value is -3.35. The van der Waals surface area contributed by atoms with Crippen LogP contribution in [-0.4, -0.2) is 47.3 Å². The van der Waals surface area contributed by atoms with Gasteiger partial charge < -0.3 is 18.9 Å². The molecule has 0 aliphatic carbocycles. The van der Waals surface area contributed by atoms with Crippen LogP contribution in [0.1, 0.15) is 26.2 Å². The molecule has 3 aromatic rings. The number of likely N-dealkylation sites (tertiary alicyclic amines) is 1. The van der Waals surface area contributed by atoms with E-state index in [0.717, 1.165) is 37.1 Å².